The predicted octanol–water partition coefficient (Wildman–Crippen LogP) is 21.9. The first kappa shape index (κ1) is 77.2. The number of methoxy groups -OCH3 is 4. The number of rotatable bonds is 15. The molecule has 0 amide bonds. The fourth-order valence-electron chi connectivity index (χ4n) is 14.0. The summed E-state index contributed by atoms with van der Waals surface area (Å²) in [6.45, 7) is 62.7. The third kappa shape index (κ3) is 15.4. The van der Waals surface area contributed by atoms with E-state index in [-0.39, 0.29) is 43.3 Å². The number of hydrogen-bond donors (Lipinski definition) is 0. The molecule has 0 saturated heterocycles. The van der Waals surface area contributed by atoms with Crippen molar-refractivity contribution in [1.82, 2.24) is 0 Å². The SMILES string of the molecule is COc1c(C(C)(C)C)cc(P(c2cc(C(C)(C)C)c(OC)c(C(C)(C)C)c2)c2cc(Oc3ccccc3)c3c(c2-c2c(P(c4cc(C(C)(C)C)c(OC)c(C(C)(C)C)c4)c4cc(C(C)(C)C)c(OC)c(C(C)(C)C)c4)cc(Oc4ccccc4)c4c2OC(C)(C)O4)OC(C)(C)O3)cc1C(C)(C)C. The molecule has 0 unspecified atom stereocenters. The van der Waals surface area contributed by atoms with E-state index in [2.05, 4.69) is 227 Å². The van der Waals surface area contributed by atoms with Crippen molar-refractivity contribution >= 4 is 47.7 Å². The molecule has 2 heterocycles. The fraction of sp³-hybridized carbons (Fsp3) is 0.467. The molecule has 8 aromatic carbocycles. The number of hydrogen-bond acceptors (Lipinski definition) is 10. The summed E-state index contributed by atoms with van der Waals surface area (Å²) >= 11 is 0. The van der Waals surface area contributed by atoms with Crippen LogP contribution in [0.3, 0.4) is 0 Å². The van der Waals surface area contributed by atoms with Gasteiger partial charge in [-0.1, -0.05) is 203 Å². The summed E-state index contributed by atoms with van der Waals surface area (Å²) in [4.78, 5) is 0. The van der Waals surface area contributed by atoms with Crippen molar-refractivity contribution in [2.24, 2.45) is 0 Å². The van der Waals surface area contributed by atoms with Crippen molar-refractivity contribution in [2.45, 2.75) is 249 Å². The summed E-state index contributed by atoms with van der Waals surface area (Å²) in [6.07, 6.45) is 0. The van der Waals surface area contributed by atoms with Crippen LogP contribution in [0.5, 0.6) is 69.0 Å². The number of benzene rings is 8. The van der Waals surface area contributed by atoms with E-state index < -0.39 is 27.4 Å². The molecule has 0 spiro atoms. The molecule has 10 rings (SSSR count). The highest BCUT2D eigenvalue weighted by Gasteiger charge is 2.48. The fourth-order valence-corrected chi connectivity index (χ4v) is 19.1. The lowest BCUT2D eigenvalue weighted by atomic mass is 9.79. The van der Waals surface area contributed by atoms with Crippen LogP contribution in [-0.4, -0.2) is 40.0 Å². The lowest BCUT2D eigenvalue weighted by Gasteiger charge is -2.35. The molecule has 0 N–H and O–H groups in total. The molecule has 2 aliphatic heterocycles. The Morgan fingerprint density at radius 2 is 0.471 bits per heavy atom. The van der Waals surface area contributed by atoms with Gasteiger partial charge in [-0.05, 0) is 165 Å². The topological polar surface area (TPSA) is 92.3 Å². The van der Waals surface area contributed by atoms with Gasteiger partial charge >= 0.3 is 0 Å². The van der Waals surface area contributed by atoms with Crippen molar-refractivity contribution in [3.63, 3.8) is 0 Å². The molecule has 0 saturated carbocycles. The average Bonchev–Trinajstić information content (AvgIpc) is 1.38. The van der Waals surface area contributed by atoms with Crippen molar-refractivity contribution in [3.05, 3.63) is 166 Å². The molecule has 0 aromatic heterocycles. The number of fused-ring (bicyclic) bond motifs is 2. The Kier molecular flexibility index (Phi) is 20.4. The standard InChI is InChI=1S/C90H116O10P2/c1-81(2,3)59-43-55(44-60(73(59)91-29)82(4,5)6)101(56-45-61(83(7,8)9)74(92-30)62(46-56)84(10,11)12)69-51-67(95-53-39-35-33-36-40-53)77-79(99-89(25,26)97-77)71(69)72-70(52-68(96-54-41-37-34-38-42-54)78-80(72)100-90(27,28)98-78)102(57-47-63(85(13,14)15)75(93-31)64(48-57)86(16,17)18)58-49-65(87(19,20)21)76(94-32)66(50-58)88(22,23)24/h33-52H,1-32H3. The summed E-state index contributed by atoms with van der Waals surface area (Å²) in [5, 5.41) is 6.23. The first-order valence-electron chi connectivity index (χ1n) is 36.1. The maximum absolute atomic E-state index is 7.72. The Morgan fingerprint density at radius 3 is 0.657 bits per heavy atom. The highest BCUT2D eigenvalue weighted by molar-refractivity contribution is 7.81. The smallest absolute Gasteiger partial charge is 0.246 e. The van der Waals surface area contributed by atoms with Crippen LogP contribution in [0.15, 0.2) is 121 Å². The third-order valence-corrected chi connectivity index (χ3v) is 23.8. The minimum Gasteiger partial charge on any atom is -0.496 e. The van der Waals surface area contributed by atoms with Gasteiger partial charge in [0.1, 0.15) is 34.5 Å². The van der Waals surface area contributed by atoms with Crippen molar-refractivity contribution < 1.29 is 47.4 Å². The van der Waals surface area contributed by atoms with Gasteiger partial charge in [0.25, 0.3) is 0 Å². The zero-order valence-corrected chi connectivity index (χ0v) is 69.3. The van der Waals surface area contributed by atoms with E-state index in [0.717, 1.165) is 110 Å². The molecule has 0 aliphatic carbocycles. The predicted molar refractivity (Wildman–Crippen MR) is 429 cm³/mol. The molecule has 10 nitrogen and oxygen atoms in total. The molecule has 0 atom stereocenters. The van der Waals surface area contributed by atoms with Crippen LogP contribution in [0.25, 0.3) is 11.1 Å². The first-order valence-corrected chi connectivity index (χ1v) is 38.8. The molecule has 546 valence electrons. The van der Waals surface area contributed by atoms with E-state index in [0.29, 0.717) is 46.0 Å². The van der Waals surface area contributed by atoms with Crippen molar-refractivity contribution in [3.8, 4) is 80.1 Å². The van der Waals surface area contributed by atoms with E-state index in [1.165, 1.54) is 0 Å². The van der Waals surface area contributed by atoms with E-state index in [1.54, 1.807) is 0 Å². The zero-order chi connectivity index (χ0) is 75.5. The van der Waals surface area contributed by atoms with Gasteiger partial charge in [-0.3, -0.25) is 0 Å². The molecule has 2 aliphatic rings. The van der Waals surface area contributed by atoms with Gasteiger partial charge in [-0.25, -0.2) is 0 Å². The highest BCUT2D eigenvalue weighted by Crippen LogP contribution is 2.63. The minimum atomic E-state index is -1.80. The van der Waals surface area contributed by atoms with Gasteiger partial charge in [0, 0.05) is 93.9 Å². The Balaban J connectivity index is 1.59. The van der Waals surface area contributed by atoms with Crippen LogP contribution in [0.4, 0.5) is 0 Å². The number of para-hydroxylation sites is 2. The van der Waals surface area contributed by atoms with Gasteiger partial charge in [0.05, 0.1) is 28.4 Å². The minimum absolute atomic E-state index is 0.389. The maximum Gasteiger partial charge on any atom is 0.246 e. The molecule has 0 fully saturated rings. The van der Waals surface area contributed by atoms with Gasteiger partial charge in [0.15, 0.2) is 23.0 Å². The summed E-state index contributed by atoms with van der Waals surface area (Å²) < 4.78 is 71.5. The third-order valence-electron chi connectivity index (χ3n) is 19.0. The van der Waals surface area contributed by atoms with Crippen LogP contribution in [0.2, 0.25) is 0 Å². The summed E-state index contributed by atoms with van der Waals surface area (Å²) in [5.74, 6) is 5.22. The Bertz CT molecular complexity index is 3870. The molecule has 0 bridgehead atoms. The molecule has 8 aromatic rings. The van der Waals surface area contributed by atoms with Gasteiger partial charge in [-0.15, -0.1) is 0 Å². The second kappa shape index (κ2) is 27.0. The summed E-state index contributed by atoms with van der Waals surface area (Å²) in [5.41, 5.74) is 7.12. The van der Waals surface area contributed by atoms with Crippen LogP contribution in [0.1, 0.15) is 238 Å². The maximum atomic E-state index is 7.72. The molecular weight excluding hydrogens is 1300 g/mol. The van der Waals surface area contributed by atoms with Crippen LogP contribution < -0.4 is 79.2 Å². The van der Waals surface area contributed by atoms with Crippen LogP contribution >= 0.6 is 15.8 Å². The molecule has 12 heteroatoms. The van der Waals surface area contributed by atoms with Gasteiger partial charge in [0.2, 0.25) is 23.1 Å². The van der Waals surface area contributed by atoms with Gasteiger partial charge < -0.3 is 47.4 Å². The summed E-state index contributed by atoms with van der Waals surface area (Å²) in [7, 11) is 3.65. The van der Waals surface area contributed by atoms with Crippen LogP contribution in [0, 0.1) is 0 Å². The van der Waals surface area contributed by atoms with E-state index >= 15 is 0 Å². The second-order valence-corrected chi connectivity index (χ2v) is 41.2. The monoisotopic (exact) mass is 1420 g/mol. The largest absolute Gasteiger partial charge is 0.496 e. The van der Waals surface area contributed by atoms with Crippen LogP contribution in [-0.2, 0) is 43.3 Å². The highest BCUT2D eigenvalue weighted by atomic mass is 31.1. The Morgan fingerprint density at radius 1 is 0.275 bits per heavy atom. The zero-order valence-electron chi connectivity index (χ0n) is 67.5. The van der Waals surface area contributed by atoms with E-state index in [4.69, 9.17) is 47.4 Å². The second-order valence-electron chi connectivity index (χ2n) is 36.9. The first-order chi connectivity index (χ1) is 46.9. The normalized spacial score (nSPS) is 14.7. The lowest BCUT2D eigenvalue weighted by Crippen LogP contribution is -2.32. The Labute approximate surface area is 614 Å². The Hall–Kier alpha value is -7.38. The molecule has 0 radical (unpaired) electrons. The van der Waals surface area contributed by atoms with Crippen molar-refractivity contribution in [1.29, 1.82) is 0 Å². The average molecular weight is 1420 g/mol. The number of ether oxygens (including phenoxy) is 10. The van der Waals surface area contributed by atoms with E-state index in [9.17, 15) is 0 Å². The lowest BCUT2D eigenvalue weighted by molar-refractivity contribution is -0.0448. The quantitative estimate of drug-likeness (QED) is 0.0924. The van der Waals surface area contributed by atoms with Crippen molar-refractivity contribution in [2.75, 3.05) is 28.4 Å². The molecule has 102 heavy (non-hydrogen) atoms. The molecular formula is C90H116O10P2. The van der Waals surface area contributed by atoms with E-state index in [1.807, 2.05) is 117 Å². The summed E-state index contributed by atoms with van der Waals surface area (Å²) in [6, 6.07) is 43.8. The van der Waals surface area contributed by atoms with Gasteiger partial charge in [-0.2, -0.15) is 0 Å².